The Kier molecular flexibility index (Phi) is 5.96. The van der Waals surface area contributed by atoms with Crippen molar-refractivity contribution in [3.8, 4) is 0 Å². The number of carbonyl (C=O) groups is 3. The van der Waals surface area contributed by atoms with Crippen molar-refractivity contribution in [2.75, 3.05) is 6.54 Å². The van der Waals surface area contributed by atoms with Crippen LogP contribution in [0.4, 0.5) is 0 Å². The average Bonchev–Trinajstić information content (AvgIpc) is 3.09. The third-order valence-electron chi connectivity index (χ3n) is 4.25. The van der Waals surface area contributed by atoms with Gasteiger partial charge >= 0.3 is 5.97 Å². The molecule has 0 saturated heterocycles. The molecular formula is C20H18ClN3O4. The van der Waals surface area contributed by atoms with Crippen molar-refractivity contribution in [2.45, 2.75) is 12.5 Å². The number of H-pyrrole nitrogens is 1. The first kappa shape index (κ1) is 19.4. The van der Waals surface area contributed by atoms with Gasteiger partial charge in [0.05, 0.1) is 6.54 Å². The summed E-state index contributed by atoms with van der Waals surface area (Å²) >= 11 is 5.77. The number of aromatic nitrogens is 1. The molecule has 2 amide bonds. The van der Waals surface area contributed by atoms with Crippen LogP contribution in [0.2, 0.25) is 5.02 Å². The molecule has 0 aliphatic heterocycles. The number of fused-ring (bicyclic) bond motifs is 1. The number of hydrogen-bond donors (Lipinski definition) is 4. The quantitative estimate of drug-likeness (QED) is 0.488. The number of aromatic amines is 1. The van der Waals surface area contributed by atoms with E-state index < -0.39 is 23.8 Å². The monoisotopic (exact) mass is 399 g/mol. The zero-order valence-corrected chi connectivity index (χ0v) is 15.5. The number of hydrogen-bond acceptors (Lipinski definition) is 3. The molecule has 0 spiro atoms. The van der Waals surface area contributed by atoms with Crippen molar-refractivity contribution >= 4 is 40.3 Å². The van der Waals surface area contributed by atoms with Crippen molar-refractivity contribution in [1.29, 1.82) is 0 Å². The Balaban J connectivity index is 1.59. The van der Waals surface area contributed by atoms with Gasteiger partial charge in [-0.1, -0.05) is 29.8 Å². The van der Waals surface area contributed by atoms with E-state index in [0.29, 0.717) is 10.6 Å². The van der Waals surface area contributed by atoms with Crippen LogP contribution in [0.25, 0.3) is 10.9 Å². The van der Waals surface area contributed by atoms with Gasteiger partial charge in [-0.25, -0.2) is 4.79 Å². The van der Waals surface area contributed by atoms with E-state index in [1.807, 2.05) is 24.3 Å². The predicted octanol–water partition coefficient (Wildman–Crippen LogP) is 2.36. The Morgan fingerprint density at radius 1 is 1.07 bits per heavy atom. The lowest BCUT2D eigenvalue weighted by Gasteiger charge is -2.14. The van der Waals surface area contributed by atoms with Crippen molar-refractivity contribution in [1.82, 2.24) is 15.6 Å². The van der Waals surface area contributed by atoms with Gasteiger partial charge in [0.25, 0.3) is 5.91 Å². The maximum absolute atomic E-state index is 12.1. The maximum atomic E-state index is 12.1. The number of para-hydroxylation sites is 1. The minimum absolute atomic E-state index is 0.121. The lowest BCUT2D eigenvalue weighted by molar-refractivity contribution is -0.141. The molecule has 0 radical (unpaired) electrons. The first-order valence-electron chi connectivity index (χ1n) is 8.55. The van der Waals surface area contributed by atoms with Gasteiger partial charge < -0.3 is 20.7 Å². The summed E-state index contributed by atoms with van der Waals surface area (Å²) < 4.78 is 0. The van der Waals surface area contributed by atoms with Crippen molar-refractivity contribution < 1.29 is 19.5 Å². The Hall–Kier alpha value is -3.32. The largest absolute Gasteiger partial charge is 0.480 e. The van der Waals surface area contributed by atoms with E-state index in [9.17, 15) is 19.5 Å². The molecule has 0 fully saturated rings. The highest BCUT2D eigenvalue weighted by Crippen LogP contribution is 2.19. The fourth-order valence-corrected chi connectivity index (χ4v) is 2.96. The summed E-state index contributed by atoms with van der Waals surface area (Å²) in [6, 6.07) is 12.6. The SMILES string of the molecule is O=C(CNC(=O)c1ccc(Cl)cc1)NC(Cc1c[nH]c2ccccc12)C(=O)O. The molecule has 0 saturated carbocycles. The molecule has 3 rings (SSSR count). The number of carboxylic acids is 1. The molecule has 1 unspecified atom stereocenters. The standard InChI is InChI=1S/C20H18ClN3O4/c21-14-7-5-12(6-8-14)19(26)23-11-18(25)24-17(20(27)28)9-13-10-22-16-4-2-1-3-15(13)16/h1-8,10,17,22H,9,11H2,(H,23,26)(H,24,25)(H,27,28). The summed E-state index contributed by atoms with van der Waals surface area (Å²) in [5.41, 5.74) is 2.03. The molecule has 4 N–H and O–H groups in total. The fourth-order valence-electron chi connectivity index (χ4n) is 2.83. The van der Waals surface area contributed by atoms with Gasteiger partial charge in [0.1, 0.15) is 6.04 Å². The summed E-state index contributed by atoms with van der Waals surface area (Å²) in [4.78, 5) is 38.8. The molecule has 0 bridgehead atoms. The van der Waals surface area contributed by atoms with Gasteiger partial charge in [0.2, 0.25) is 5.91 Å². The molecule has 8 heteroatoms. The van der Waals surface area contributed by atoms with Gasteiger partial charge in [0, 0.05) is 34.1 Å². The van der Waals surface area contributed by atoms with E-state index in [-0.39, 0.29) is 13.0 Å². The number of nitrogens with one attached hydrogen (secondary N) is 3. The van der Waals surface area contributed by atoms with Crippen LogP contribution in [0.3, 0.4) is 0 Å². The van der Waals surface area contributed by atoms with Gasteiger partial charge in [-0.15, -0.1) is 0 Å². The second-order valence-corrected chi connectivity index (χ2v) is 6.65. The van der Waals surface area contributed by atoms with Gasteiger partial charge in [-0.3, -0.25) is 9.59 Å². The summed E-state index contributed by atoms with van der Waals surface area (Å²) in [6.07, 6.45) is 1.85. The highest BCUT2D eigenvalue weighted by Gasteiger charge is 2.22. The number of rotatable bonds is 7. The van der Waals surface area contributed by atoms with E-state index in [2.05, 4.69) is 15.6 Å². The Morgan fingerprint density at radius 2 is 1.79 bits per heavy atom. The molecule has 1 heterocycles. The average molecular weight is 400 g/mol. The molecular weight excluding hydrogens is 382 g/mol. The molecule has 7 nitrogen and oxygen atoms in total. The Bertz CT molecular complexity index is 1010. The Labute approximate surface area is 165 Å². The van der Waals surface area contributed by atoms with Crippen LogP contribution < -0.4 is 10.6 Å². The van der Waals surface area contributed by atoms with E-state index in [0.717, 1.165) is 16.5 Å². The summed E-state index contributed by atoms with van der Waals surface area (Å²) in [6.45, 7) is -0.334. The highest BCUT2D eigenvalue weighted by molar-refractivity contribution is 6.30. The fraction of sp³-hybridized carbons (Fsp3) is 0.150. The van der Waals surface area contributed by atoms with Crippen LogP contribution in [0.1, 0.15) is 15.9 Å². The van der Waals surface area contributed by atoms with E-state index >= 15 is 0 Å². The lowest BCUT2D eigenvalue weighted by Crippen LogP contribution is -2.46. The third-order valence-corrected chi connectivity index (χ3v) is 4.50. The summed E-state index contributed by atoms with van der Waals surface area (Å²) in [5, 5.41) is 15.8. The first-order valence-corrected chi connectivity index (χ1v) is 8.93. The number of halogens is 1. The molecule has 144 valence electrons. The zero-order chi connectivity index (χ0) is 20.1. The second kappa shape index (κ2) is 8.58. The van der Waals surface area contributed by atoms with Crippen LogP contribution in [0.5, 0.6) is 0 Å². The van der Waals surface area contributed by atoms with Crippen LogP contribution in [0, 0.1) is 0 Å². The van der Waals surface area contributed by atoms with Gasteiger partial charge in [-0.05, 0) is 35.9 Å². The third kappa shape index (κ3) is 4.69. The molecule has 1 atom stereocenters. The molecule has 1 aromatic heterocycles. The maximum Gasteiger partial charge on any atom is 0.326 e. The number of aliphatic carboxylic acids is 1. The van der Waals surface area contributed by atoms with E-state index in [1.54, 1.807) is 18.3 Å². The lowest BCUT2D eigenvalue weighted by atomic mass is 10.0. The minimum Gasteiger partial charge on any atom is -0.480 e. The summed E-state index contributed by atoms with van der Waals surface area (Å²) in [5.74, 6) is -2.19. The van der Waals surface area contributed by atoms with Crippen molar-refractivity contribution in [2.24, 2.45) is 0 Å². The molecule has 2 aromatic carbocycles. The number of benzene rings is 2. The molecule has 0 aliphatic rings. The van der Waals surface area contributed by atoms with Crippen LogP contribution in [0.15, 0.2) is 54.7 Å². The number of carboxylic acid groups (broad SMARTS) is 1. The van der Waals surface area contributed by atoms with Gasteiger partial charge in [0.15, 0.2) is 0 Å². The van der Waals surface area contributed by atoms with Crippen molar-refractivity contribution in [3.05, 3.63) is 70.9 Å². The number of amides is 2. The van der Waals surface area contributed by atoms with E-state index in [1.165, 1.54) is 12.1 Å². The topological polar surface area (TPSA) is 111 Å². The normalized spacial score (nSPS) is 11.8. The summed E-state index contributed by atoms with van der Waals surface area (Å²) in [7, 11) is 0. The number of carbonyl (C=O) groups excluding carboxylic acids is 2. The highest BCUT2D eigenvalue weighted by atomic mass is 35.5. The smallest absolute Gasteiger partial charge is 0.326 e. The van der Waals surface area contributed by atoms with Crippen LogP contribution >= 0.6 is 11.6 Å². The van der Waals surface area contributed by atoms with Gasteiger partial charge in [-0.2, -0.15) is 0 Å². The molecule has 0 aliphatic carbocycles. The first-order chi connectivity index (χ1) is 13.4. The molecule has 3 aromatic rings. The zero-order valence-electron chi connectivity index (χ0n) is 14.7. The van der Waals surface area contributed by atoms with Crippen molar-refractivity contribution in [3.63, 3.8) is 0 Å². The van der Waals surface area contributed by atoms with Crippen LogP contribution in [-0.2, 0) is 16.0 Å². The minimum atomic E-state index is -1.15. The molecule has 28 heavy (non-hydrogen) atoms. The second-order valence-electron chi connectivity index (χ2n) is 6.21. The Morgan fingerprint density at radius 3 is 2.50 bits per heavy atom. The van der Waals surface area contributed by atoms with Crippen LogP contribution in [-0.4, -0.2) is 40.5 Å². The predicted molar refractivity (Wildman–Crippen MR) is 105 cm³/mol. The van der Waals surface area contributed by atoms with E-state index in [4.69, 9.17) is 11.6 Å².